The maximum absolute atomic E-state index is 12.0. The lowest BCUT2D eigenvalue weighted by atomic mass is 10.4. The van der Waals surface area contributed by atoms with Crippen LogP contribution >= 0.6 is 38.9 Å². The van der Waals surface area contributed by atoms with Gasteiger partial charge in [0, 0.05) is 11.4 Å². The van der Waals surface area contributed by atoms with E-state index in [1.807, 2.05) is 26.0 Å². The number of hydrogen-bond acceptors (Lipinski definition) is 4. The smallest absolute Gasteiger partial charge is 0.283 e. The Morgan fingerprint density at radius 2 is 2.26 bits per heavy atom. The van der Waals surface area contributed by atoms with Crippen LogP contribution in [0.25, 0.3) is 0 Å². The minimum Gasteiger partial charge on any atom is -0.378 e. The zero-order valence-electron chi connectivity index (χ0n) is 10.5. The van der Waals surface area contributed by atoms with Crippen molar-refractivity contribution in [2.45, 2.75) is 26.4 Å². The molecule has 2 aromatic heterocycles. The van der Waals surface area contributed by atoms with Crippen molar-refractivity contribution in [2.75, 3.05) is 5.32 Å². The molecule has 1 N–H and O–H groups in total. The molecule has 102 valence electrons. The SMILES string of the molecule is CC(C)n1ncc(NCc2ccc(Cl)s2)c(Br)c1=O. The summed E-state index contributed by atoms with van der Waals surface area (Å²) in [5.41, 5.74) is 0.552. The van der Waals surface area contributed by atoms with E-state index < -0.39 is 0 Å². The fraction of sp³-hybridized carbons (Fsp3) is 0.333. The van der Waals surface area contributed by atoms with Gasteiger partial charge in [-0.2, -0.15) is 5.10 Å². The van der Waals surface area contributed by atoms with Gasteiger partial charge in [0.2, 0.25) is 0 Å². The van der Waals surface area contributed by atoms with E-state index in [1.54, 1.807) is 6.20 Å². The highest BCUT2D eigenvalue weighted by molar-refractivity contribution is 9.10. The lowest BCUT2D eigenvalue weighted by molar-refractivity contribution is 0.501. The molecule has 2 aromatic rings. The number of anilines is 1. The fourth-order valence-corrected chi connectivity index (χ4v) is 3.02. The van der Waals surface area contributed by atoms with E-state index in [0.29, 0.717) is 16.7 Å². The quantitative estimate of drug-likeness (QED) is 0.897. The van der Waals surface area contributed by atoms with Crippen LogP contribution in [0.1, 0.15) is 24.8 Å². The van der Waals surface area contributed by atoms with Crippen LogP contribution in [0.15, 0.2) is 27.6 Å². The van der Waals surface area contributed by atoms with Gasteiger partial charge >= 0.3 is 0 Å². The Morgan fingerprint density at radius 1 is 1.53 bits per heavy atom. The van der Waals surface area contributed by atoms with E-state index in [-0.39, 0.29) is 11.6 Å². The summed E-state index contributed by atoms with van der Waals surface area (Å²) in [5, 5.41) is 7.32. The van der Waals surface area contributed by atoms with Gasteiger partial charge in [-0.1, -0.05) is 11.6 Å². The molecule has 4 nitrogen and oxygen atoms in total. The van der Waals surface area contributed by atoms with Gasteiger partial charge in [0.05, 0.1) is 22.3 Å². The van der Waals surface area contributed by atoms with Crippen LogP contribution in [-0.2, 0) is 6.54 Å². The van der Waals surface area contributed by atoms with E-state index >= 15 is 0 Å². The summed E-state index contributed by atoms with van der Waals surface area (Å²) in [5.74, 6) is 0. The molecule has 0 spiro atoms. The van der Waals surface area contributed by atoms with Crippen molar-refractivity contribution in [1.29, 1.82) is 0 Å². The van der Waals surface area contributed by atoms with Gasteiger partial charge < -0.3 is 5.32 Å². The minimum atomic E-state index is -0.135. The molecule has 0 atom stereocenters. The van der Waals surface area contributed by atoms with Crippen LogP contribution in [0.5, 0.6) is 0 Å². The molecule has 0 aliphatic carbocycles. The Morgan fingerprint density at radius 3 is 2.84 bits per heavy atom. The highest BCUT2D eigenvalue weighted by Gasteiger charge is 2.10. The molecule has 0 amide bonds. The largest absolute Gasteiger partial charge is 0.378 e. The Labute approximate surface area is 128 Å². The third-order valence-corrected chi connectivity index (χ3v) is 4.51. The van der Waals surface area contributed by atoms with Crippen LogP contribution in [0.3, 0.4) is 0 Å². The standard InChI is InChI=1S/C12H13BrClN3OS/c1-7(2)17-12(18)11(13)9(6-16-17)15-5-8-3-4-10(14)19-8/h3-4,6-7,15H,5H2,1-2H3. The molecule has 0 radical (unpaired) electrons. The molecule has 0 aliphatic rings. The van der Waals surface area contributed by atoms with Gasteiger partial charge in [-0.15, -0.1) is 11.3 Å². The molecule has 7 heteroatoms. The van der Waals surface area contributed by atoms with Gasteiger partial charge in [0.15, 0.2) is 0 Å². The molecule has 0 fully saturated rings. The van der Waals surface area contributed by atoms with E-state index in [1.165, 1.54) is 16.0 Å². The van der Waals surface area contributed by atoms with Gasteiger partial charge in [0.25, 0.3) is 5.56 Å². The Bertz CT molecular complexity index is 638. The second-order valence-corrected chi connectivity index (χ2v) is 6.87. The van der Waals surface area contributed by atoms with Crippen molar-refractivity contribution in [1.82, 2.24) is 9.78 Å². The van der Waals surface area contributed by atoms with E-state index in [4.69, 9.17) is 11.6 Å². The molecule has 0 saturated heterocycles. The van der Waals surface area contributed by atoms with Crippen LogP contribution in [0, 0.1) is 0 Å². The van der Waals surface area contributed by atoms with E-state index in [2.05, 4.69) is 26.3 Å². The average molecular weight is 363 g/mol. The lowest BCUT2D eigenvalue weighted by Crippen LogP contribution is -2.25. The Hall–Kier alpha value is -0.850. The Balaban J connectivity index is 2.18. The number of hydrogen-bond donors (Lipinski definition) is 1. The number of thiophene rings is 1. The number of aromatic nitrogens is 2. The van der Waals surface area contributed by atoms with Crippen molar-refractivity contribution in [3.05, 3.63) is 42.4 Å². The van der Waals surface area contributed by atoms with Crippen LogP contribution in [0.4, 0.5) is 5.69 Å². The summed E-state index contributed by atoms with van der Waals surface area (Å²) in [4.78, 5) is 13.1. The first-order valence-corrected chi connectivity index (χ1v) is 7.73. The molecular weight excluding hydrogens is 350 g/mol. The summed E-state index contributed by atoms with van der Waals surface area (Å²) in [6.07, 6.45) is 1.65. The lowest BCUT2D eigenvalue weighted by Gasteiger charge is -2.11. The van der Waals surface area contributed by atoms with E-state index in [9.17, 15) is 4.79 Å². The third-order valence-electron chi connectivity index (χ3n) is 2.51. The minimum absolute atomic E-state index is 0.0361. The van der Waals surface area contributed by atoms with Gasteiger partial charge in [-0.25, -0.2) is 4.68 Å². The third kappa shape index (κ3) is 3.38. The molecule has 19 heavy (non-hydrogen) atoms. The summed E-state index contributed by atoms with van der Waals surface area (Å²) in [7, 11) is 0. The summed E-state index contributed by atoms with van der Waals surface area (Å²) in [6.45, 7) is 4.45. The summed E-state index contributed by atoms with van der Waals surface area (Å²) in [6, 6.07) is 3.85. The van der Waals surface area contributed by atoms with Gasteiger partial charge in [0.1, 0.15) is 4.47 Å². The van der Waals surface area contributed by atoms with Gasteiger partial charge in [-0.05, 0) is 41.9 Å². The second-order valence-electron chi connectivity index (χ2n) is 4.28. The highest BCUT2D eigenvalue weighted by Crippen LogP contribution is 2.23. The monoisotopic (exact) mass is 361 g/mol. The fourth-order valence-electron chi connectivity index (χ4n) is 1.57. The predicted molar refractivity (Wildman–Crippen MR) is 83.2 cm³/mol. The Kier molecular flexibility index (Phi) is 4.65. The maximum atomic E-state index is 12.0. The second kappa shape index (κ2) is 6.07. The molecule has 0 unspecified atom stereocenters. The first kappa shape index (κ1) is 14.6. The molecule has 2 rings (SSSR count). The van der Waals surface area contributed by atoms with E-state index in [0.717, 1.165) is 9.21 Å². The summed E-state index contributed by atoms with van der Waals surface area (Å²) >= 11 is 10.7. The molecular formula is C12H13BrClN3OS. The topological polar surface area (TPSA) is 46.9 Å². The summed E-state index contributed by atoms with van der Waals surface area (Å²) < 4.78 is 2.69. The number of nitrogens with zero attached hydrogens (tertiary/aromatic N) is 2. The van der Waals surface area contributed by atoms with Crippen LogP contribution < -0.4 is 10.9 Å². The zero-order chi connectivity index (χ0) is 14.0. The van der Waals surface area contributed by atoms with Crippen LogP contribution in [0.2, 0.25) is 4.34 Å². The van der Waals surface area contributed by atoms with Gasteiger partial charge in [-0.3, -0.25) is 4.79 Å². The first-order chi connectivity index (χ1) is 8.99. The number of rotatable bonds is 4. The zero-order valence-corrected chi connectivity index (χ0v) is 13.6. The molecule has 2 heterocycles. The number of halogens is 2. The normalized spacial score (nSPS) is 11.0. The maximum Gasteiger partial charge on any atom is 0.283 e. The van der Waals surface area contributed by atoms with Crippen molar-refractivity contribution in [2.24, 2.45) is 0 Å². The molecule has 0 bridgehead atoms. The molecule has 0 saturated carbocycles. The average Bonchev–Trinajstić information content (AvgIpc) is 2.76. The predicted octanol–water partition coefficient (Wildman–Crippen LogP) is 3.91. The van der Waals surface area contributed by atoms with Crippen molar-refractivity contribution in [3.63, 3.8) is 0 Å². The highest BCUT2D eigenvalue weighted by atomic mass is 79.9. The van der Waals surface area contributed by atoms with Crippen LogP contribution in [-0.4, -0.2) is 9.78 Å². The molecule has 0 aromatic carbocycles. The van der Waals surface area contributed by atoms with Crippen molar-refractivity contribution >= 4 is 44.6 Å². The van der Waals surface area contributed by atoms with Crippen molar-refractivity contribution < 1.29 is 0 Å². The van der Waals surface area contributed by atoms with Crippen molar-refractivity contribution in [3.8, 4) is 0 Å². The first-order valence-electron chi connectivity index (χ1n) is 5.74. The number of nitrogens with one attached hydrogen (secondary N) is 1. The molecule has 0 aliphatic heterocycles.